The summed E-state index contributed by atoms with van der Waals surface area (Å²) >= 11 is 0. The summed E-state index contributed by atoms with van der Waals surface area (Å²) in [5.74, 6) is 1.07. The lowest BCUT2D eigenvalue weighted by atomic mass is 10.2. The van der Waals surface area contributed by atoms with Gasteiger partial charge in [-0.1, -0.05) is 18.2 Å². The Morgan fingerprint density at radius 2 is 1.92 bits per heavy atom. The van der Waals surface area contributed by atoms with Crippen LogP contribution in [0.15, 0.2) is 29.3 Å². The smallest absolute Gasteiger partial charge is 0.390 e. The summed E-state index contributed by atoms with van der Waals surface area (Å²) in [4.78, 5) is 5.94. The maximum Gasteiger partial charge on any atom is 0.390 e. The Hall–Kier alpha value is -1.96. The zero-order chi connectivity index (χ0) is 18.0. The molecule has 0 atom stereocenters. The molecule has 5 nitrogen and oxygen atoms in total. The van der Waals surface area contributed by atoms with Crippen molar-refractivity contribution in [3.8, 4) is 5.75 Å². The SMILES string of the molecule is CN=C(NCCC(F)(F)F)NCc1ccccc1OCCN(C)C. The Balaban J connectivity index is 2.50. The van der Waals surface area contributed by atoms with Gasteiger partial charge in [0.25, 0.3) is 0 Å². The number of rotatable bonds is 8. The standard InChI is InChI=1S/C16H25F3N4O/c1-20-15(21-9-8-16(17,18)19)22-12-13-6-4-5-7-14(13)24-11-10-23(2)3/h4-7H,8-12H2,1-3H3,(H2,20,21,22). The molecule has 0 aliphatic rings. The van der Waals surface area contributed by atoms with Crippen LogP contribution in [0, 0.1) is 0 Å². The highest BCUT2D eigenvalue weighted by atomic mass is 19.4. The van der Waals surface area contributed by atoms with Gasteiger partial charge in [-0.2, -0.15) is 13.2 Å². The van der Waals surface area contributed by atoms with Gasteiger partial charge < -0.3 is 20.3 Å². The van der Waals surface area contributed by atoms with Gasteiger partial charge in [0.2, 0.25) is 0 Å². The second-order valence-electron chi connectivity index (χ2n) is 5.48. The zero-order valence-corrected chi connectivity index (χ0v) is 14.3. The van der Waals surface area contributed by atoms with Crippen LogP contribution in [0.2, 0.25) is 0 Å². The molecule has 136 valence electrons. The van der Waals surface area contributed by atoms with E-state index in [-0.39, 0.29) is 6.54 Å². The molecule has 0 bridgehead atoms. The molecular weight excluding hydrogens is 321 g/mol. The van der Waals surface area contributed by atoms with Gasteiger partial charge in [-0.25, -0.2) is 0 Å². The van der Waals surface area contributed by atoms with Crippen LogP contribution in [0.5, 0.6) is 5.75 Å². The molecule has 0 aliphatic heterocycles. The molecular formula is C16H25F3N4O. The molecule has 0 heterocycles. The molecule has 8 heteroatoms. The number of hydrogen-bond donors (Lipinski definition) is 2. The van der Waals surface area contributed by atoms with E-state index in [1.54, 1.807) is 0 Å². The summed E-state index contributed by atoms with van der Waals surface area (Å²) in [6, 6.07) is 7.54. The van der Waals surface area contributed by atoms with E-state index in [1.807, 2.05) is 43.3 Å². The zero-order valence-electron chi connectivity index (χ0n) is 14.3. The van der Waals surface area contributed by atoms with E-state index in [1.165, 1.54) is 7.05 Å². The molecule has 0 spiro atoms. The molecule has 24 heavy (non-hydrogen) atoms. The van der Waals surface area contributed by atoms with E-state index in [4.69, 9.17) is 4.74 Å². The molecule has 0 saturated carbocycles. The van der Waals surface area contributed by atoms with Crippen LogP contribution in [0.3, 0.4) is 0 Å². The first kappa shape index (κ1) is 20.1. The van der Waals surface area contributed by atoms with Crippen LogP contribution in [0.4, 0.5) is 13.2 Å². The van der Waals surface area contributed by atoms with Gasteiger partial charge in [-0.15, -0.1) is 0 Å². The highest BCUT2D eigenvalue weighted by molar-refractivity contribution is 5.79. The lowest BCUT2D eigenvalue weighted by molar-refractivity contribution is -0.132. The lowest BCUT2D eigenvalue weighted by Gasteiger charge is -2.16. The first-order chi connectivity index (χ1) is 11.3. The van der Waals surface area contributed by atoms with Crippen LogP contribution in [0.1, 0.15) is 12.0 Å². The Bertz CT molecular complexity index is 518. The number of benzene rings is 1. The van der Waals surface area contributed by atoms with Crippen LogP contribution in [-0.4, -0.2) is 57.9 Å². The van der Waals surface area contributed by atoms with Gasteiger partial charge >= 0.3 is 6.18 Å². The van der Waals surface area contributed by atoms with E-state index < -0.39 is 12.6 Å². The predicted molar refractivity (Wildman–Crippen MR) is 89.4 cm³/mol. The van der Waals surface area contributed by atoms with Crippen molar-refractivity contribution >= 4 is 5.96 Å². The summed E-state index contributed by atoms with van der Waals surface area (Å²) < 4.78 is 42.3. The fourth-order valence-electron chi connectivity index (χ4n) is 1.85. The topological polar surface area (TPSA) is 48.9 Å². The second-order valence-corrected chi connectivity index (χ2v) is 5.48. The van der Waals surface area contributed by atoms with Crippen molar-refractivity contribution in [1.82, 2.24) is 15.5 Å². The molecule has 0 fully saturated rings. The number of alkyl halides is 3. The van der Waals surface area contributed by atoms with Crippen LogP contribution >= 0.6 is 0 Å². The molecule has 0 aliphatic carbocycles. The minimum Gasteiger partial charge on any atom is -0.492 e. The molecule has 0 radical (unpaired) electrons. The summed E-state index contributed by atoms with van der Waals surface area (Å²) in [6.45, 7) is 1.54. The van der Waals surface area contributed by atoms with Crippen molar-refractivity contribution < 1.29 is 17.9 Å². The Morgan fingerprint density at radius 1 is 1.21 bits per heavy atom. The molecule has 0 amide bonds. The van der Waals surface area contributed by atoms with Gasteiger partial charge in [-0.05, 0) is 20.2 Å². The fourth-order valence-corrected chi connectivity index (χ4v) is 1.85. The average molecular weight is 346 g/mol. The molecule has 1 aromatic carbocycles. The molecule has 0 aromatic heterocycles. The third kappa shape index (κ3) is 8.61. The normalized spacial score (nSPS) is 12.4. The summed E-state index contributed by atoms with van der Waals surface area (Å²) in [7, 11) is 5.45. The fraction of sp³-hybridized carbons (Fsp3) is 0.562. The van der Waals surface area contributed by atoms with Crippen molar-refractivity contribution in [3.63, 3.8) is 0 Å². The first-order valence-corrected chi connectivity index (χ1v) is 7.68. The van der Waals surface area contributed by atoms with E-state index in [0.29, 0.717) is 19.1 Å². The monoisotopic (exact) mass is 346 g/mol. The van der Waals surface area contributed by atoms with Gasteiger partial charge in [0.1, 0.15) is 12.4 Å². The Kier molecular flexibility index (Phi) is 8.39. The van der Waals surface area contributed by atoms with Gasteiger partial charge in [0, 0.05) is 32.2 Å². The summed E-state index contributed by atoms with van der Waals surface area (Å²) in [5.41, 5.74) is 0.912. The van der Waals surface area contributed by atoms with Crippen LogP contribution in [0.25, 0.3) is 0 Å². The maximum atomic E-state index is 12.2. The minimum atomic E-state index is -4.18. The van der Waals surface area contributed by atoms with E-state index in [0.717, 1.165) is 17.9 Å². The predicted octanol–water partition coefficient (Wildman–Crippen LogP) is 2.24. The third-order valence-electron chi connectivity index (χ3n) is 3.14. The van der Waals surface area contributed by atoms with Crippen molar-refractivity contribution in [1.29, 1.82) is 0 Å². The second kappa shape index (κ2) is 10.0. The van der Waals surface area contributed by atoms with E-state index in [2.05, 4.69) is 15.6 Å². The maximum absolute atomic E-state index is 12.2. The number of aliphatic imine (C=N–C) groups is 1. The Labute approximate surface area is 140 Å². The van der Waals surface area contributed by atoms with E-state index in [9.17, 15) is 13.2 Å². The number of hydrogen-bond acceptors (Lipinski definition) is 3. The van der Waals surface area contributed by atoms with Crippen molar-refractivity contribution in [2.45, 2.75) is 19.1 Å². The number of guanidine groups is 1. The van der Waals surface area contributed by atoms with Crippen LogP contribution < -0.4 is 15.4 Å². The Morgan fingerprint density at radius 3 is 2.54 bits per heavy atom. The molecule has 1 aromatic rings. The lowest BCUT2D eigenvalue weighted by Crippen LogP contribution is -2.38. The number of ether oxygens (including phenoxy) is 1. The number of nitrogens with zero attached hydrogens (tertiary/aromatic N) is 2. The summed E-state index contributed by atoms with van der Waals surface area (Å²) in [6.07, 6.45) is -5.09. The first-order valence-electron chi connectivity index (χ1n) is 7.68. The molecule has 2 N–H and O–H groups in total. The van der Waals surface area contributed by atoms with Crippen LogP contribution in [-0.2, 0) is 6.54 Å². The highest BCUT2D eigenvalue weighted by Gasteiger charge is 2.26. The van der Waals surface area contributed by atoms with E-state index >= 15 is 0 Å². The summed E-state index contributed by atoms with van der Waals surface area (Å²) in [5, 5.41) is 5.64. The number of likely N-dealkylation sites (N-methyl/N-ethyl adjacent to an activating group) is 1. The van der Waals surface area contributed by atoms with Gasteiger partial charge in [0.05, 0.1) is 6.42 Å². The molecule has 0 saturated heterocycles. The number of nitrogens with one attached hydrogen (secondary N) is 2. The van der Waals surface area contributed by atoms with Gasteiger partial charge in [-0.3, -0.25) is 4.99 Å². The quantitative estimate of drug-likeness (QED) is 0.560. The molecule has 0 unspecified atom stereocenters. The molecule has 1 rings (SSSR count). The van der Waals surface area contributed by atoms with Crippen molar-refractivity contribution in [2.24, 2.45) is 4.99 Å². The van der Waals surface area contributed by atoms with Gasteiger partial charge in [0.15, 0.2) is 5.96 Å². The third-order valence-corrected chi connectivity index (χ3v) is 3.14. The minimum absolute atomic E-state index is 0.218. The van der Waals surface area contributed by atoms with Crippen molar-refractivity contribution in [3.05, 3.63) is 29.8 Å². The number of para-hydroxylation sites is 1. The largest absolute Gasteiger partial charge is 0.492 e. The highest BCUT2D eigenvalue weighted by Crippen LogP contribution is 2.18. The number of halogens is 3. The van der Waals surface area contributed by atoms with Crippen molar-refractivity contribution in [2.75, 3.05) is 40.8 Å². The average Bonchev–Trinajstić information content (AvgIpc) is 2.50.